The first-order chi connectivity index (χ1) is 16.1. The van der Waals surface area contributed by atoms with E-state index in [0.29, 0.717) is 25.1 Å². The maximum Gasteiger partial charge on any atom is 0.260 e. The lowest BCUT2D eigenvalue weighted by Gasteiger charge is -2.26. The zero-order valence-electron chi connectivity index (χ0n) is 18.8. The second kappa shape index (κ2) is 10.2. The number of hydrogen-bond donors (Lipinski definition) is 0. The Bertz CT molecular complexity index is 1130. The van der Waals surface area contributed by atoms with Crippen LogP contribution in [0.4, 0.5) is 0 Å². The Morgan fingerprint density at radius 3 is 2.18 bits per heavy atom. The van der Waals surface area contributed by atoms with Crippen molar-refractivity contribution in [2.24, 2.45) is 5.16 Å². The molecule has 0 bridgehead atoms. The third-order valence-corrected chi connectivity index (χ3v) is 5.86. The second-order valence-corrected chi connectivity index (χ2v) is 8.10. The lowest BCUT2D eigenvalue weighted by Crippen LogP contribution is -2.46. The van der Waals surface area contributed by atoms with Gasteiger partial charge in [-0.2, -0.15) is 0 Å². The summed E-state index contributed by atoms with van der Waals surface area (Å²) in [7, 11) is 3.04. The summed E-state index contributed by atoms with van der Waals surface area (Å²) in [6.45, 7) is 1.11. The fourth-order valence-corrected chi connectivity index (χ4v) is 4.14. The average molecular weight is 442 g/mol. The Hall–Kier alpha value is -3.77. The van der Waals surface area contributed by atoms with Crippen LogP contribution >= 0.6 is 0 Å². The molecule has 33 heavy (non-hydrogen) atoms. The van der Waals surface area contributed by atoms with E-state index in [1.807, 2.05) is 77.7 Å². The van der Waals surface area contributed by atoms with Crippen molar-refractivity contribution in [1.82, 2.24) is 9.80 Å². The molecule has 6 nitrogen and oxygen atoms in total. The SMILES string of the molecule is CON=C1CC(C(=O)N(C)C(=O)c2ccc(-c3ccccc3)cc2)N(Cc2ccccc2)C1. The Morgan fingerprint density at radius 2 is 1.55 bits per heavy atom. The lowest BCUT2D eigenvalue weighted by atomic mass is 10.0. The standard InChI is InChI=1S/C27H27N3O3/c1-29(26(31)23-15-13-22(14-16-23)21-11-7-4-8-12-21)27(32)25-17-24(28-33-2)19-30(25)18-20-9-5-3-6-10-20/h3-16,25H,17-19H2,1-2H3. The molecule has 1 unspecified atom stereocenters. The summed E-state index contributed by atoms with van der Waals surface area (Å²) in [5, 5.41) is 4.07. The molecule has 0 N–H and O–H groups in total. The van der Waals surface area contributed by atoms with E-state index in [1.165, 1.54) is 12.0 Å². The highest BCUT2D eigenvalue weighted by atomic mass is 16.6. The molecule has 1 aliphatic rings. The quantitative estimate of drug-likeness (QED) is 0.424. The van der Waals surface area contributed by atoms with Gasteiger partial charge in [0.15, 0.2) is 0 Å². The van der Waals surface area contributed by atoms with Gasteiger partial charge in [0.1, 0.15) is 7.11 Å². The topological polar surface area (TPSA) is 62.2 Å². The van der Waals surface area contributed by atoms with Crippen LogP contribution in [0.15, 0.2) is 90.1 Å². The molecule has 1 heterocycles. The summed E-state index contributed by atoms with van der Waals surface area (Å²) in [5.74, 6) is -0.569. The molecule has 4 rings (SSSR count). The van der Waals surface area contributed by atoms with E-state index < -0.39 is 6.04 Å². The van der Waals surface area contributed by atoms with Crippen LogP contribution in [-0.4, -0.2) is 54.1 Å². The molecule has 6 heteroatoms. The van der Waals surface area contributed by atoms with E-state index in [1.54, 1.807) is 19.2 Å². The van der Waals surface area contributed by atoms with Crippen LogP contribution < -0.4 is 0 Å². The molecule has 1 fully saturated rings. The summed E-state index contributed by atoms with van der Waals surface area (Å²) >= 11 is 0. The van der Waals surface area contributed by atoms with Crippen molar-refractivity contribution in [3.63, 3.8) is 0 Å². The number of oxime groups is 1. The highest BCUT2D eigenvalue weighted by molar-refractivity contribution is 6.08. The van der Waals surface area contributed by atoms with E-state index >= 15 is 0 Å². The van der Waals surface area contributed by atoms with Crippen LogP contribution in [0.1, 0.15) is 22.3 Å². The molecule has 3 aromatic rings. The van der Waals surface area contributed by atoms with Crippen LogP contribution in [0.3, 0.4) is 0 Å². The van der Waals surface area contributed by atoms with E-state index in [0.717, 1.165) is 22.4 Å². The summed E-state index contributed by atoms with van der Waals surface area (Å²) in [6, 6.07) is 26.8. The Labute approximate surface area is 194 Å². The van der Waals surface area contributed by atoms with Crippen LogP contribution in [-0.2, 0) is 16.2 Å². The summed E-state index contributed by atoms with van der Waals surface area (Å²) in [6.07, 6.45) is 0.435. The molecule has 1 aliphatic heterocycles. The van der Waals surface area contributed by atoms with Gasteiger partial charge >= 0.3 is 0 Å². The predicted molar refractivity (Wildman–Crippen MR) is 129 cm³/mol. The fourth-order valence-electron chi connectivity index (χ4n) is 4.14. The van der Waals surface area contributed by atoms with E-state index in [4.69, 9.17) is 4.84 Å². The van der Waals surface area contributed by atoms with Crippen LogP contribution in [0.5, 0.6) is 0 Å². The smallest absolute Gasteiger partial charge is 0.260 e. The number of rotatable bonds is 6. The number of nitrogens with zero attached hydrogens (tertiary/aromatic N) is 3. The molecule has 0 radical (unpaired) electrons. The number of benzene rings is 3. The minimum absolute atomic E-state index is 0.246. The molecule has 0 aromatic heterocycles. The Balaban J connectivity index is 1.50. The first-order valence-electron chi connectivity index (χ1n) is 10.9. The molecule has 168 valence electrons. The van der Waals surface area contributed by atoms with Crippen molar-refractivity contribution >= 4 is 17.5 Å². The van der Waals surface area contributed by atoms with Crippen LogP contribution in [0, 0.1) is 0 Å². The van der Waals surface area contributed by atoms with Gasteiger partial charge in [-0.3, -0.25) is 19.4 Å². The third kappa shape index (κ3) is 5.18. The number of amides is 2. The minimum Gasteiger partial charge on any atom is -0.399 e. The molecule has 2 amide bonds. The van der Waals surface area contributed by atoms with Gasteiger partial charge in [0, 0.05) is 32.1 Å². The number of likely N-dealkylation sites (tertiary alicyclic amines) is 1. The van der Waals surface area contributed by atoms with Gasteiger partial charge in [-0.25, -0.2) is 0 Å². The molecule has 1 atom stereocenters. The number of carbonyl (C=O) groups excluding carboxylic acids is 2. The average Bonchev–Trinajstić information content (AvgIpc) is 3.26. The Morgan fingerprint density at radius 1 is 0.939 bits per heavy atom. The zero-order valence-corrected chi connectivity index (χ0v) is 18.8. The van der Waals surface area contributed by atoms with E-state index in [9.17, 15) is 9.59 Å². The number of hydrogen-bond acceptors (Lipinski definition) is 5. The lowest BCUT2D eigenvalue weighted by molar-refractivity contribution is -0.132. The van der Waals surface area contributed by atoms with Crippen molar-refractivity contribution in [2.45, 2.75) is 19.0 Å². The van der Waals surface area contributed by atoms with Gasteiger partial charge in [0.05, 0.1) is 11.8 Å². The first kappa shape index (κ1) is 22.4. The number of imide groups is 1. The third-order valence-electron chi connectivity index (χ3n) is 5.86. The number of carbonyl (C=O) groups is 2. The molecule has 0 saturated carbocycles. The minimum atomic E-state index is -0.475. The first-order valence-corrected chi connectivity index (χ1v) is 10.9. The zero-order chi connectivity index (χ0) is 23.2. The largest absolute Gasteiger partial charge is 0.399 e. The van der Waals surface area contributed by atoms with Crippen molar-refractivity contribution in [1.29, 1.82) is 0 Å². The van der Waals surface area contributed by atoms with Gasteiger partial charge in [-0.1, -0.05) is 78.0 Å². The molecule has 3 aromatic carbocycles. The van der Waals surface area contributed by atoms with Crippen LogP contribution in [0.2, 0.25) is 0 Å². The van der Waals surface area contributed by atoms with E-state index in [2.05, 4.69) is 5.16 Å². The highest BCUT2D eigenvalue weighted by Gasteiger charge is 2.38. The molecule has 0 spiro atoms. The maximum absolute atomic E-state index is 13.4. The van der Waals surface area contributed by atoms with Gasteiger partial charge in [0.25, 0.3) is 5.91 Å². The van der Waals surface area contributed by atoms with Crippen LogP contribution in [0.25, 0.3) is 11.1 Å². The van der Waals surface area contributed by atoms with Gasteiger partial charge < -0.3 is 4.84 Å². The van der Waals surface area contributed by atoms with Gasteiger partial charge in [-0.15, -0.1) is 0 Å². The molecule has 0 aliphatic carbocycles. The fraction of sp³-hybridized carbons (Fsp3) is 0.222. The normalized spacial score (nSPS) is 17.2. The molecular weight excluding hydrogens is 414 g/mol. The maximum atomic E-state index is 13.4. The van der Waals surface area contributed by atoms with Gasteiger partial charge in [0.2, 0.25) is 5.91 Å². The van der Waals surface area contributed by atoms with Crippen molar-refractivity contribution in [3.05, 3.63) is 96.1 Å². The number of likely N-dealkylation sites (N-methyl/N-ethyl adjacent to an activating group) is 1. The highest BCUT2D eigenvalue weighted by Crippen LogP contribution is 2.23. The van der Waals surface area contributed by atoms with E-state index in [-0.39, 0.29) is 11.8 Å². The molecular formula is C27H27N3O3. The van der Waals surface area contributed by atoms with Gasteiger partial charge in [-0.05, 0) is 28.8 Å². The monoisotopic (exact) mass is 441 g/mol. The summed E-state index contributed by atoms with van der Waals surface area (Å²) in [4.78, 5) is 34.7. The second-order valence-electron chi connectivity index (χ2n) is 8.10. The van der Waals surface area contributed by atoms with Crippen molar-refractivity contribution in [2.75, 3.05) is 20.7 Å². The summed E-state index contributed by atoms with van der Waals surface area (Å²) < 4.78 is 0. The van der Waals surface area contributed by atoms with Crippen molar-refractivity contribution < 1.29 is 14.4 Å². The van der Waals surface area contributed by atoms with Crippen molar-refractivity contribution in [3.8, 4) is 11.1 Å². The molecule has 1 saturated heterocycles. The summed E-state index contributed by atoms with van der Waals surface area (Å²) in [5.41, 5.74) is 4.46. The predicted octanol–water partition coefficient (Wildman–Crippen LogP) is 4.23. The Kier molecular flexibility index (Phi) is 6.95.